The van der Waals surface area contributed by atoms with Gasteiger partial charge in [-0.05, 0) is 10.4 Å². The van der Waals surface area contributed by atoms with Crippen LogP contribution in [0.15, 0.2) is 6.33 Å². The quantitative estimate of drug-likeness (QED) is 0.569. The highest BCUT2D eigenvalue weighted by Crippen LogP contribution is 1.91. The zero-order chi connectivity index (χ0) is 8.97. The van der Waals surface area contributed by atoms with E-state index in [1.807, 2.05) is 0 Å². The average molecular weight is 171 g/mol. The van der Waals surface area contributed by atoms with Crippen molar-refractivity contribution in [2.75, 3.05) is 0 Å². The van der Waals surface area contributed by atoms with Gasteiger partial charge in [0.25, 0.3) is 0 Å². The molecule has 0 aromatic carbocycles. The number of carboxylic acid groups (broad SMARTS) is 1. The second-order valence-corrected chi connectivity index (χ2v) is 2.39. The molecule has 7 heteroatoms. The third kappa shape index (κ3) is 2.62. The van der Waals surface area contributed by atoms with Crippen LogP contribution in [-0.4, -0.2) is 37.3 Å². The lowest BCUT2D eigenvalue weighted by Gasteiger charge is -2.06. The van der Waals surface area contributed by atoms with Gasteiger partial charge in [-0.2, -0.15) is 0 Å². The summed E-state index contributed by atoms with van der Waals surface area (Å²) in [5.74, 6) is -0.921. The molecular weight excluding hydrogens is 162 g/mol. The molecule has 3 N–H and O–H groups in total. The van der Waals surface area contributed by atoms with Gasteiger partial charge in [0.1, 0.15) is 6.33 Å². The first-order chi connectivity index (χ1) is 5.68. The predicted molar refractivity (Wildman–Crippen MR) is 38.0 cm³/mol. The normalized spacial score (nSPS) is 12.8. The number of hydrogen-bond acceptors (Lipinski definition) is 5. The predicted octanol–water partition coefficient (Wildman–Crippen LogP) is -1.52. The molecular formula is C5H9N5O2. The van der Waals surface area contributed by atoms with Crippen LogP contribution in [0.2, 0.25) is 0 Å². The molecule has 0 bridgehead atoms. The Morgan fingerprint density at radius 3 is 3.00 bits per heavy atom. The van der Waals surface area contributed by atoms with Crippen LogP contribution >= 0.6 is 0 Å². The molecule has 0 saturated heterocycles. The molecule has 0 saturated carbocycles. The van der Waals surface area contributed by atoms with Crippen LogP contribution in [0.4, 0.5) is 0 Å². The van der Waals surface area contributed by atoms with Crippen molar-refractivity contribution in [3.05, 3.63) is 6.33 Å². The molecule has 0 aliphatic heterocycles. The minimum atomic E-state index is -0.921. The Bertz CT molecular complexity index is 246. The SMILES string of the molecule is NC(CC(=O)O)Cn1cnnn1. The standard InChI is InChI=1S/C5H9N5O2/c6-4(1-5(11)12)2-10-3-7-8-9-10/h3-4H,1-2,6H2,(H,11,12). The lowest BCUT2D eigenvalue weighted by atomic mass is 10.2. The monoisotopic (exact) mass is 171 g/mol. The minimum absolute atomic E-state index is 0.0835. The Kier molecular flexibility index (Phi) is 2.70. The smallest absolute Gasteiger partial charge is 0.304 e. The van der Waals surface area contributed by atoms with Gasteiger partial charge in [-0.1, -0.05) is 0 Å². The van der Waals surface area contributed by atoms with Gasteiger partial charge in [-0.3, -0.25) is 4.79 Å². The molecule has 0 amide bonds. The topological polar surface area (TPSA) is 107 Å². The van der Waals surface area contributed by atoms with E-state index in [2.05, 4.69) is 15.5 Å². The number of nitrogens with two attached hydrogens (primary N) is 1. The minimum Gasteiger partial charge on any atom is -0.481 e. The van der Waals surface area contributed by atoms with Crippen LogP contribution in [0.5, 0.6) is 0 Å². The Hall–Kier alpha value is -1.50. The van der Waals surface area contributed by atoms with Crippen molar-refractivity contribution in [3.8, 4) is 0 Å². The van der Waals surface area contributed by atoms with Gasteiger partial charge in [0, 0.05) is 6.04 Å². The summed E-state index contributed by atoms with van der Waals surface area (Å²) >= 11 is 0. The molecule has 1 heterocycles. The zero-order valence-corrected chi connectivity index (χ0v) is 6.29. The summed E-state index contributed by atoms with van der Waals surface area (Å²) < 4.78 is 1.40. The van der Waals surface area contributed by atoms with Gasteiger partial charge in [-0.15, -0.1) is 5.10 Å². The number of rotatable bonds is 4. The molecule has 0 aliphatic carbocycles. The number of aromatic nitrogens is 4. The van der Waals surface area contributed by atoms with E-state index in [0.717, 1.165) is 0 Å². The highest BCUT2D eigenvalue weighted by Gasteiger charge is 2.08. The Morgan fingerprint density at radius 1 is 1.75 bits per heavy atom. The Balaban J connectivity index is 2.36. The molecule has 1 unspecified atom stereocenters. The number of tetrazole rings is 1. The second kappa shape index (κ2) is 3.77. The fraction of sp³-hybridized carbons (Fsp3) is 0.600. The summed E-state index contributed by atoms with van der Waals surface area (Å²) in [5, 5.41) is 18.7. The van der Waals surface area contributed by atoms with E-state index >= 15 is 0 Å². The van der Waals surface area contributed by atoms with Crippen LogP contribution in [-0.2, 0) is 11.3 Å². The van der Waals surface area contributed by atoms with E-state index in [1.165, 1.54) is 11.0 Å². The lowest BCUT2D eigenvalue weighted by molar-refractivity contribution is -0.137. The molecule has 0 radical (unpaired) electrons. The first-order valence-corrected chi connectivity index (χ1v) is 3.36. The van der Waals surface area contributed by atoms with E-state index in [1.54, 1.807) is 0 Å². The zero-order valence-electron chi connectivity index (χ0n) is 6.29. The van der Waals surface area contributed by atoms with E-state index in [9.17, 15) is 4.79 Å². The molecule has 1 atom stereocenters. The van der Waals surface area contributed by atoms with Crippen molar-refractivity contribution in [2.45, 2.75) is 19.0 Å². The van der Waals surface area contributed by atoms with Gasteiger partial charge in [0.15, 0.2) is 0 Å². The third-order valence-electron chi connectivity index (χ3n) is 1.25. The summed E-state index contributed by atoms with van der Waals surface area (Å²) in [5.41, 5.74) is 5.47. The summed E-state index contributed by atoms with van der Waals surface area (Å²) in [6.07, 6.45) is 1.31. The summed E-state index contributed by atoms with van der Waals surface area (Å²) in [7, 11) is 0. The second-order valence-electron chi connectivity index (χ2n) is 2.39. The fourth-order valence-corrected chi connectivity index (χ4v) is 0.793. The van der Waals surface area contributed by atoms with Gasteiger partial charge >= 0.3 is 5.97 Å². The largest absolute Gasteiger partial charge is 0.481 e. The van der Waals surface area contributed by atoms with Crippen molar-refractivity contribution < 1.29 is 9.90 Å². The van der Waals surface area contributed by atoms with Crippen molar-refractivity contribution in [1.29, 1.82) is 0 Å². The average Bonchev–Trinajstić information content (AvgIpc) is 2.37. The molecule has 7 nitrogen and oxygen atoms in total. The van der Waals surface area contributed by atoms with Crippen LogP contribution in [0, 0.1) is 0 Å². The Morgan fingerprint density at radius 2 is 2.50 bits per heavy atom. The number of hydrogen-bond donors (Lipinski definition) is 2. The summed E-state index contributed by atoms with van der Waals surface area (Å²) in [6.45, 7) is 0.319. The molecule has 66 valence electrons. The summed E-state index contributed by atoms with van der Waals surface area (Å²) in [4.78, 5) is 10.2. The van der Waals surface area contributed by atoms with Gasteiger partial charge < -0.3 is 10.8 Å². The van der Waals surface area contributed by atoms with Crippen molar-refractivity contribution in [3.63, 3.8) is 0 Å². The van der Waals surface area contributed by atoms with Gasteiger partial charge in [0.05, 0.1) is 13.0 Å². The molecule has 0 fully saturated rings. The van der Waals surface area contributed by atoms with E-state index < -0.39 is 12.0 Å². The van der Waals surface area contributed by atoms with Crippen LogP contribution in [0.1, 0.15) is 6.42 Å². The highest BCUT2D eigenvalue weighted by molar-refractivity contribution is 5.67. The van der Waals surface area contributed by atoms with Crippen LogP contribution in [0.3, 0.4) is 0 Å². The first-order valence-electron chi connectivity index (χ1n) is 3.36. The van der Waals surface area contributed by atoms with Crippen molar-refractivity contribution in [2.24, 2.45) is 5.73 Å². The maximum absolute atomic E-state index is 10.2. The number of carboxylic acids is 1. The number of nitrogens with zero attached hydrogens (tertiary/aromatic N) is 4. The molecule has 1 aromatic rings. The third-order valence-corrected chi connectivity index (χ3v) is 1.25. The molecule has 1 rings (SSSR count). The molecule has 0 aliphatic rings. The van der Waals surface area contributed by atoms with Gasteiger partial charge in [-0.25, -0.2) is 4.68 Å². The van der Waals surface area contributed by atoms with E-state index in [4.69, 9.17) is 10.8 Å². The van der Waals surface area contributed by atoms with E-state index in [-0.39, 0.29) is 6.42 Å². The van der Waals surface area contributed by atoms with Gasteiger partial charge in [0.2, 0.25) is 0 Å². The van der Waals surface area contributed by atoms with Crippen LogP contribution in [0.25, 0.3) is 0 Å². The first kappa shape index (κ1) is 8.60. The van der Waals surface area contributed by atoms with E-state index in [0.29, 0.717) is 6.54 Å². The van der Waals surface area contributed by atoms with Crippen LogP contribution < -0.4 is 5.73 Å². The highest BCUT2D eigenvalue weighted by atomic mass is 16.4. The summed E-state index contributed by atoms with van der Waals surface area (Å²) in [6, 6.07) is -0.453. The lowest BCUT2D eigenvalue weighted by Crippen LogP contribution is -2.29. The molecule has 0 spiro atoms. The Labute approximate surface area is 68.2 Å². The maximum Gasteiger partial charge on any atom is 0.304 e. The fourth-order valence-electron chi connectivity index (χ4n) is 0.793. The maximum atomic E-state index is 10.2. The number of aliphatic carboxylic acids is 1. The number of carbonyl (C=O) groups is 1. The van der Waals surface area contributed by atoms with Crippen molar-refractivity contribution in [1.82, 2.24) is 20.2 Å². The van der Waals surface area contributed by atoms with Crippen molar-refractivity contribution >= 4 is 5.97 Å². The molecule has 12 heavy (non-hydrogen) atoms. The molecule has 1 aromatic heterocycles.